The summed E-state index contributed by atoms with van der Waals surface area (Å²) in [6, 6.07) is 8.07. The minimum absolute atomic E-state index is 0.153. The number of likely N-dealkylation sites (tertiary alicyclic amines) is 1. The predicted molar refractivity (Wildman–Crippen MR) is 118 cm³/mol. The Morgan fingerprint density at radius 3 is 2.13 bits per heavy atom. The summed E-state index contributed by atoms with van der Waals surface area (Å²) in [5, 5.41) is 0. The predicted octanol–water partition coefficient (Wildman–Crippen LogP) is 4.29. The van der Waals surface area contributed by atoms with Gasteiger partial charge in [-0.2, -0.15) is 0 Å². The molecule has 2 N–H and O–H groups in total. The van der Waals surface area contributed by atoms with Crippen LogP contribution in [0.5, 0.6) is 0 Å². The number of amides is 1. The van der Waals surface area contributed by atoms with Crippen LogP contribution in [0.4, 0.5) is 4.79 Å². The van der Waals surface area contributed by atoms with Gasteiger partial charge in [0.05, 0.1) is 5.92 Å². The first kappa shape index (κ1) is 24.2. The van der Waals surface area contributed by atoms with Crippen molar-refractivity contribution in [3.63, 3.8) is 0 Å². The van der Waals surface area contributed by atoms with Crippen LogP contribution in [-0.2, 0) is 27.2 Å². The highest BCUT2D eigenvalue weighted by molar-refractivity contribution is 5.74. The average molecular weight is 419 g/mol. The minimum atomic E-state index is -0.536. The van der Waals surface area contributed by atoms with E-state index in [2.05, 4.69) is 6.07 Å². The summed E-state index contributed by atoms with van der Waals surface area (Å²) in [4.78, 5) is 27.2. The first-order valence-electron chi connectivity index (χ1n) is 10.9. The quantitative estimate of drug-likeness (QED) is 0.721. The SMILES string of the molecule is CC(C)(C)OC(=O)C(Cc1cccc(CN)c1)C1CCN(C(=O)OC(C)(C)C)CC1. The number of nitrogens with two attached hydrogens (primary N) is 1. The minimum Gasteiger partial charge on any atom is -0.460 e. The van der Waals surface area contributed by atoms with Crippen LogP contribution in [0, 0.1) is 11.8 Å². The molecule has 0 aliphatic carbocycles. The van der Waals surface area contributed by atoms with Crippen LogP contribution >= 0.6 is 0 Å². The second-order valence-electron chi connectivity index (χ2n) is 10.2. The Balaban J connectivity index is 2.11. The lowest BCUT2D eigenvalue weighted by Crippen LogP contribution is -2.44. The van der Waals surface area contributed by atoms with Crippen molar-refractivity contribution in [1.29, 1.82) is 0 Å². The van der Waals surface area contributed by atoms with Gasteiger partial charge in [-0.05, 0) is 77.8 Å². The number of carbonyl (C=O) groups excluding carboxylic acids is 2. The lowest BCUT2D eigenvalue weighted by molar-refractivity contribution is -0.162. The molecule has 168 valence electrons. The van der Waals surface area contributed by atoms with Gasteiger partial charge in [0.15, 0.2) is 0 Å². The van der Waals surface area contributed by atoms with Crippen LogP contribution in [0.1, 0.15) is 65.5 Å². The molecule has 0 aromatic heterocycles. The zero-order chi connectivity index (χ0) is 22.5. The van der Waals surface area contributed by atoms with E-state index in [-0.39, 0.29) is 23.9 Å². The molecule has 6 nitrogen and oxygen atoms in total. The second-order valence-corrected chi connectivity index (χ2v) is 10.2. The van der Waals surface area contributed by atoms with Gasteiger partial charge in [-0.15, -0.1) is 0 Å². The summed E-state index contributed by atoms with van der Waals surface area (Å²) in [7, 11) is 0. The number of piperidine rings is 1. The van der Waals surface area contributed by atoms with E-state index in [1.807, 2.05) is 59.7 Å². The van der Waals surface area contributed by atoms with Gasteiger partial charge in [-0.25, -0.2) is 4.79 Å². The molecular weight excluding hydrogens is 380 g/mol. The largest absolute Gasteiger partial charge is 0.460 e. The van der Waals surface area contributed by atoms with E-state index in [1.54, 1.807) is 4.90 Å². The first-order chi connectivity index (χ1) is 13.9. The van der Waals surface area contributed by atoms with Crippen molar-refractivity contribution < 1.29 is 19.1 Å². The molecule has 1 aromatic rings. The third-order valence-electron chi connectivity index (χ3n) is 5.15. The summed E-state index contributed by atoms with van der Waals surface area (Å²) in [5.74, 6) is -0.269. The lowest BCUT2D eigenvalue weighted by Gasteiger charge is -2.36. The molecule has 6 heteroatoms. The number of rotatable bonds is 5. The van der Waals surface area contributed by atoms with E-state index < -0.39 is 11.2 Å². The normalized spacial score (nSPS) is 16.8. The van der Waals surface area contributed by atoms with Crippen molar-refractivity contribution in [2.45, 2.75) is 78.6 Å². The maximum atomic E-state index is 13.1. The van der Waals surface area contributed by atoms with E-state index in [1.165, 1.54) is 0 Å². The third kappa shape index (κ3) is 7.63. The number of hydrogen-bond acceptors (Lipinski definition) is 5. The monoisotopic (exact) mass is 418 g/mol. The van der Waals surface area contributed by atoms with E-state index in [0.717, 1.165) is 24.0 Å². The Morgan fingerprint density at radius 1 is 1.03 bits per heavy atom. The van der Waals surface area contributed by atoms with Gasteiger partial charge in [0, 0.05) is 19.6 Å². The molecule has 1 aliphatic rings. The number of hydrogen-bond donors (Lipinski definition) is 1. The maximum absolute atomic E-state index is 13.1. The zero-order valence-electron chi connectivity index (χ0n) is 19.4. The molecule has 0 bridgehead atoms. The molecule has 0 saturated carbocycles. The van der Waals surface area contributed by atoms with Crippen LogP contribution in [-0.4, -0.2) is 41.3 Å². The van der Waals surface area contributed by atoms with Crippen molar-refractivity contribution in [3.05, 3.63) is 35.4 Å². The molecule has 1 saturated heterocycles. The first-order valence-corrected chi connectivity index (χ1v) is 10.9. The van der Waals surface area contributed by atoms with E-state index in [9.17, 15) is 9.59 Å². The zero-order valence-corrected chi connectivity index (χ0v) is 19.4. The van der Waals surface area contributed by atoms with Crippen molar-refractivity contribution in [2.24, 2.45) is 17.6 Å². The maximum Gasteiger partial charge on any atom is 0.410 e. The molecule has 1 aliphatic heterocycles. The smallest absolute Gasteiger partial charge is 0.410 e. The molecule has 0 spiro atoms. The molecule has 30 heavy (non-hydrogen) atoms. The van der Waals surface area contributed by atoms with Gasteiger partial charge in [0.2, 0.25) is 0 Å². The number of esters is 1. The van der Waals surface area contributed by atoms with E-state index >= 15 is 0 Å². The highest BCUT2D eigenvalue weighted by Gasteiger charge is 2.36. The Morgan fingerprint density at radius 2 is 1.60 bits per heavy atom. The average Bonchev–Trinajstić information content (AvgIpc) is 2.63. The summed E-state index contributed by atoms with van der Waals surface area (Å²) < 4.78 is 11.2. The summed E-state index contributed by atoms with van der Waals surface area (Å²) in [5.41, 5.74) is 6.87. The van der Waals surface area contributed by atoms with Gasteiger partial charge in [0.25, 0.3) is 0 Å². The van der Waals surface area contributed by atoms with Crippen molar-refractivity contribution >= 4 is 12.1 Å². The van der Waals surface area contributed by atoms with Gasteiger partial charge < -0.3 is 20.1 Å². The third-order valence-corrected chi connectivity index (χ3v) is 5.15. The van der Waals surface area contributed by atoms with Gasteiger partial charge in [-0.1, -0.05) is 24.3 Å². The fourth-order valence-corrected chi connectivity index (χ4v) is 3.77. The molecular formula is C24H38N2O4. The summed E-state index contributed by atoms with van der Waals surface area (Å²) >= 11 is 0. The molecule has 1 fully saturated rings. The highest BCUT2D eigenvalue weighted by Crippen LogP contribution is 2.31. The summed E-state index contributed by atoms with van der Waals surface area (Å²) in [6.07, 6.45) is 1.82. The molecule has 1 atom stereocenters. The van der Waals surface area contributed by atoms with Gasteiger partial charge >= 0.3 is 12.1 Å². The lowest BCUT2D eigenvalue weighted by atomic mass is 9.80. The standard InChI is InChI=1S/C24H38N2O4/c1-23(2,3)29-21(27)20(15-17-8-7-9-18(14-17)16-25)19-10-12-26(13-11-19)22(28)30-24(4,5)6/h7-9,14,19-20H,10-13,15-16,25H2,1-6H3. The Bertz CT molecular complexity index is 725. The molecule has 1 heterocycles. The van der Waals surface area contributed by atoms with Crippen LogP contribution in [0.3, 0.4) is 0 Å². The number of benzene rings is 1. The number of carbonyl (C=O) groups is 2. The van der Waals surface area contributed by atoms with Gasteiger partial charge in [0.1, 0.15) is 11.2 Å². The number of nitrogens with zero attached hydrogens (tertiary/aromatic N) is 1. The fourth-order valence-electron chi connectivity index (χ4n) is 3.77. The Labute approximate surface area is 181 Å². The van der Waals surface area contributed by atoms with Crippen molar-refractivity contribution in [3.8, 4) is 0 Å². The Hall–Kier alpha value is -2.08. The Kier molecular flexibility index (Phi) is 7.92. The number of ether oxygens (including phenoxy) is 2. The molecule has 2 rings (SSSR count). The van der Waals surface area contributed by atoms with E-state index in [0.29, 0.717) is 26.1 Å². The highest BCUT2D eigenvalue weighted by atomic mass is 16.6. The van der Waals surface area contributed by atoms with Crippen molar-refractivity contribution in [1.82, 2.24) is 4.90 Å². The van der Waals surface area contributed by atoms with Crippen LogP contribution in [0.25, 0.3) is 0 Å². The van der Waals surface area contributed by atoms with Crippen LogP contribution < -0.4 is 5.73 Å². The topological polar surface area (TPSA) is 81.9 Å². The summed E-state index contributed by atoms with van der Waals surface area (Å²) in [6.45, 7) is 12.9. The molecule has 1 unspecified atom stereocenters. The van der Waals surface area contributed by atoms with Crippen molar-refractivity contribution in [2.75, 3.05) is 13.1 Å². The molecule has 1 aromatic carbocycles. The van der Waals surface area contributed by atoms with Crippen LogP contribution in [0.15, 0.2) is 24.3 Å². The molecule has 1 amide bonds. The van der Waals surface area contributed by atoms with Crippen LogP contribution in [0.2, 0.25) is 0 Å². The van der Waals surface area contributed by atoms with E-state index in [4.69, 9.17) is 15.2 Å². The second kappa shape index (κ2) is 9.82. The molecule has 0 radical (unpaired) electrons. The fraction of sp³-hybridized carbons (Fsp3) is 0.667. The van der Waals surface area contributed by atoms with Gasteiger partial charge in [-0.3, -0.25) is 4.79 Å².